The van der Waals surface area contributed by atoms with E-state index in [2.05, 4.69) is 27.4 Å². The molecule has 0 spiro atoms. The standard InChI is InChI=1S/C17H26N4O.HI/c1-13-6-5-9-21(12-13)17(18-3)19-11-15-7-4-8-16(10-15)20-14(2)22;/h4,7-8,10,13H,5-6,9,11-12H2,1-3H3,(H,18,19)(H,20,22);1H. The van der Waals surface area contributed by atoms with Crippen LogP contribution in [0.25, 0.3) is 0 Å². The highest BCUT2D eigenvalue weighted by molar-refractivity contribution is 14.0. The lowest BCUT2D eigenvalue weighted by Crippen LogP contribution is -2.45. The molecule has 0 aromatic heterocycles. The van der Waals surface area contributed by atoms with Gasteiger partial charge in [-0.3, -0.25) is 9.79 Å². The molecular weight excluding hydrogens is 403 g/mol. The van der Waals surface area contributed by atoms with E-state index in [4.69, 9.17) is 0 Å². The molecule has 1 aromatic carbocycles. The first-order chi connectivity index (χ1) is 10.6. The molecule has 1 aliphatic heterocycles. The molecule has 1 aliphatic rings. The van der Waals surface area contributed by atoms with Crippen LogP contribution < -0.4 is 10.6 Å². The molecule has 1 unspecified atom stereocenters. The molecule has 0 saturated carbocycles. The topological polar surface area (TPSA) is 56.7 Å². The molecule has 2 N–H and O–H groups in total. The molecule has 1 saturated heterocycles. The van der Waals surface area contributed by atoms with Crippen molar-refractivity contribution in [3.8, 4) is 0 Å². The lowest BCUT2D eigenvalue weighted by Gasteiger charge is -2.33. The number of nitrogens with zero attached hydrogens (tertiary/aromatic N) is 2. The minimum atomic E-state index is -0.0526. The first-order valence-corrected chi connectivity index (χ1v) is 7.90. The second-order valence-electron chi connectivity index (χ2n) is 5.98. The number of benzene rings is 1. The minimum absolute atomic E-state index is 0. The van der Waals surface area contributed by atoms with Gasteiger partial charge < -0.3 is 15.5 Å². The number of carbonyl (C=O) groups excluding carboxylic acids is 1. The average Bonchev–Trinajstić information content (AvgIpc) is 2.48. The zero-order valence-corrected chi connectivity index (χ0v) is 16.5. The molecular formula is C17H27IN4O. The summed E-state index contributed by atoms with van der Waals surface area (Å²) in [7, 11) is 1.83. The van der Waals surface area contributed by atoms with Gasteiger partial charge in [-0.25, -0.2) is 0 Å². The zero-order valence-electron chi connectivity index (χ0n) is 14.1. The van der Waals surface area contributed by atoms with Gasteiger partial charge in [-0.05, 0) is 36.5 Å². The third kappa shape index (κ3) is 6.37. The van der Waals surface area contributed by atoms with Gasteiger partial charge >= 0.3 is 0 Å². The molecule has 0 bridgehead atoms. The summed E-state index contributed by atoms with van der Waals surface area (Å²) < 4.78 is 0. The summed E-state index contributed by atoms with van der Waals surface area (Å²) in [4.78, 5) is 17.8. The number of nitrogens with one attached hydrogen (secondary N) is 2. The molecule has 1 heterocycles. The Morgan fingerprint density at radius 1 is 1.43 bits per heavy atom. The van der Waals surface area contributed by atoms with Crippen molar-refractivity contribution in [1.29, 1.82) is 0 Å². The van der Waals surface area contributed by atoms with Gasteiger partial charge in [0.2, 0.25) is 5.91 Å². The van der Waals surface area contributed by atoms with Crippen molar-refractivity contribution in [3.63, 3.8) is 0 Å². The van der Waals surface area contributed by atoms with Crippen LogP contribution in [0, 0.1) is 5.92 Å². The van der Waals surface area contributed by atoms with E-state index in [0.29, 0.717) is 6.54 Å². The summed E-state index contributed by atoms with van der Waals surface area (Å²) in [5.74, 6) is 1.62. The van der Waals surface area contributed by atoms with Crippen molar-refractivity contribution in [1.82, 2.24) is 10.2 Å². The van der Waals surface area contributed by atoms with Gasteiger partial charge in [0.1, 0.15) is 0 Å². The van der Waals surface area contributed by atoms with Crippen molar-refractivity contribution >= 4 is 41.5 Å². The molecule has 1 aromatic rings. The predicted octanol–water partition coefficient (Wildman–Crippen LogP) is 3.07. The summed E-state index contributed by atoms with van der Waals surface area (Å²) in [6, 6.07) is 7.88. The Kier molecular flexibility index (Phi) is 8.36. The highest BCUT2D eigenvalue weighted by Crippen LogP contribution is 2.16. The largest absolute Gasteiger partial charge is 0.352 e. The number of likely N-dealkylation sites (tertiary alicyclic amines) is 1. The Hall–Kier alpha value is -1.31. The number of rotatable bonds is 3. The van der Waals surface area contributed by atoms with Crippen molar-refractivity contribution in [2.45, 2.75) is 33.2 Å². The van der Waals surface area contributed by atoms with E-state index < -0.39 is 0 Å². The summed E-state index contributed by atoms with van der Waals surface area (Å²) >= 11 is 0. The number of hydrogen-bond acceptors (Lipinski definition) is 2. The van der Waals surface area contributed by atoms with Crippen LogP contribution in [0.15, 0.2) is 29.3 Å². The van der Waals surface area contributed by atoms with E-state index in [1.54, 1.807) is 0 Å². The highest BCUT2D eigenvalue weighted by atomic mass is 127. The second kappa shape index (κ2) is 9.75. The maximum absolute atomic E-state index is 11.1. The van der Waals surface area contributed by atoms with Crippen LogP contribution in [-0.2, 0) is 11.3 Å². The van der Waals surface area contributed by atoms with E-state index in [1.807, 2.05) is 31.3 Å². The number of carbonyl (C=O) groups is 1. The maximum atomic E-state index is 11.1. The fourth-order valence-corrected chi connectivity index (χ4v) is 2.86. The van der Waals surface area contributed by atoms with Crippen LogP contribution in [-0.4, -0.2) is 36.9 Å². The predicted molar refractivity (Wildman–Crippen MR) is 106 cm³/mol. The summed E-state index contributed by atoms with van der Waals surface area (Å²) in [5, 5.41) is 6.23. The van der Waals surface area contributed by atoms with E-state index >= 15 is 0 Å². The normalized spacial score (nSPS) is 18.1. The molecule has 6 heteroatoms. The van der Waals surface area contributed by atoms with Gasteiger partial charge in [-0.1, -0.05) is 19.1 Å². The van der Waals surface area contributed by atoms with Crippen LogP contribution in [0.1, 0.15) is 32.3 Å². The number of aliphatic imine (C=N–C) groups is 1. The van der Waals surface area contributed by atoms with Crippen molar-refractivity contribution in [3.05, 3.63) is 29.8 Å². The number of amides is 1. The average molecular weight is 430 g/mol. The highest BCUT2D eigenvalue weighted by Gasteiger charge is 2.18. The van der Waals surface area contributed by atoms with Crippen molar-refractivity contribution in [2.24, 2.45) is 10.9 Å². The SMILES string of the molecule is CN=C(NCc1cccc(NC(C)=O)c1)N1CCCC(C)C1.I. The Morgan fingerprint density at radius 3 is 2.87 bits per heavy atom. The molecule has 2 rings (SSSR count). The fourth-order valence-electron chi connectivity index (χ4n) is 2.86. The first kappa shape index (κ1) is 19.7. The number of anilines is 1. The smallest absolute Gasteiger partial charge is 0.221 e. The number of piperidine rings is 1. The van der Waals surface area contributed by atoms with Gasteiger partial charge in [0.15, 0.2) is 5.96 Å². The van der Waals surface area contributed by atoms with E-state index in [-0.39, 0.29) is 29.9 Å². The quantitative estimate of drug-likeness (QED) is 0.440. The van der Waals surface area contributed by atoms with E-state index in [0.717, 1.165) is 36.2 Å². The lowest BCUT2D eigenvalue weighted by atomic mass is 10.0. The monoisotopic (exact) mass is 430 g/mol. The maximum Gasteiger partial charge on any atom is 0.221 e. The summed E-state index contributed by atoms with van der Waals surface area (Å²) in [5.41, 5.74) is 1.95. The molecule has 5 nitrogen and oxygen atoms in total. The van der Waals surface area contributed by atoms with Crippen LogP contribution in [0.3, 0.4) is 0 Å². The molecule has 0 radical (unpaired) electrons. The van der Waals surface area contributed by atoms with E-state index in [9.17, 15) is 4.79 Å². The molecule has 0 aliphatic carbocycles. The number of hydrogen-bond donors (Lipinski definition) is 2. The van der Waals surface area contributed by atoms with Crippen LogP contribution in [0.2, 0.25) is 0 Å². The molecule has 1 amide bonds. The minimum Gasteiger partial charge on any atom is -0.352 e. The third-order valence-corrected chi connectivity index (χ3v) is 3.87. The molecule has 23 heavy (non-hydrogen) atoms. The van der Waals surface area contributed by atoms with Crippen molar-refractivity contribution < 1.29 is 4.79 Å². The molecule has 1 atom stereocenters. The van der Waals surface area contributed by atoms with E-state index in [1.165, 1.54) is 19.8 Å². The fraction of sp³-hybridized carbons (Fsp3) is 0.529. The molecule has 1 fully saturated rings. The number of halogens is 1. The van der Waals surface area contributed by atoms with Crippen LogP contribution in [0.5, 0.6) is 0 Å². The Labute approximate surface area is 156 Å². The Balaban J connectivity index is 0.00000264. The third-order valence-electron chi connectivity index (χ3n) is 3.87. The van der Waals surface area contributed by atoms with Crippen molar-refractivity contribution in [2.75, 3.05) is 25.5 Å². The Morgan fingerprint density at radius 2 is 2.22 bits per heavy atom. The van der Waals surface area contributed by atoms with Gasteiger partial charge in [0.25, 0.3) is 0 Å². The van der Waals surface area contributed by atoms with Gasteiger partial charge in [0, 0.05) is 39.3 Å². The van der Waals surface area contributed by atoms with Gasteiger partial charge in [-0.15, -0.1) is 24.0 Å². The van der Waals surface area contributed by atoms with Crippen LogP contribution >= 0.6 is 24.0 Å². The summed E-state index contributed by atoms with van der Waals surface area (Å²) in [6.45, 7) is 6.63. The second-order valence-corrected chi connectivity index (χ2v) is 5.98. The zero-order chi connectivity index (χ0) is 15.9. The summed E-state index contributed by atoms with van der Waals surface area (Å²) in [6.07, 6.45) is 2.52. The Bertz CT molecular complexity index is 547. The first-order valence-electron chi connectivity index (χ1n) is 7.90. The van der Waals surface area contributed by atoms with Gasteiger partial charge in [0.05, 0.1) is 0 Å². The lowest BCUT2D eigenvalue weighted by molar-refractivity contribution is -0.114. The van der Waals surface area contributed by atoms with Gasteiger partial charge in [-0.2, -0.15) is 0 Å². The molecule has 128 valence electrons. The van der Waals surface area contributed by atoms with Crippen LogP contribution in [0.4, 0.5) is 5.69 Å². The number of guanidine groups is 1.